The standard InChI is InChI=1S/C18H19N3O4/c1-4-25-17(23)13-10(3)19-18(24)21-15(13)12-8-11-7-5-6-9(2)14(11)20-16(12)22/h5-8,13,15H,3-4H2,1-2H3,(H,20,22)(H2,19,21,24)/t13-,15+/m1/s1. The number of esters is 1. The molecule has 7 nitrogen and oxygen atoms in total. The molecule has 1 aromatic heterocycles. The Labute approximate surface area is 144 Å². The van der Waals surface area contributed by atoms with Crippen LogP contribution in [0.2, 0.25) is 0 Å². The number of urea groups is 1. The second-order valence-corrected chi connectivity index (χ2v) is 5.92. The highest BCUT2D eigenvalue weighted by Crippen LogP contribution is 2.30. The van der Waals surface area contributed by atoms with E-state index in [4.69, 9.17) is 4.74 Å². The molecular weight excluding hydrogens is 322 g/mol. The number of fused-ring (bicyclic) bond motifs is 1. The lowest BCUT2D eigenvalue weighted by molar-refractivity contribution is -0.147. The Bertz CT molecular complexity index is 932. The second-order valence-electron chi connectivity index (χ2n) is 5.92. The summed E-state index contributed by atoms with van der Waals surface area (Å²) in [6.07, 6.45) is 0. The van der Waals surface area contributed by atoms with Gasteiger partial charge in [-0.15, -0.1) is 0 Å². The molecule has 2 atom stereocenters. The molecule has 1 fully saturated rings. The molecule has 1 aliphatic heterocycles. The van der Waals surface area contributed by atoms with Gasteiger partial charge in [-0.3, -0.25) is 9.59 Å². The Morgan fingerprint density at radius 1 is 1.32 bits per heavy atom. The van der Waals surface area contributed by atoms with E-state index < -0.39 is 24.0 Å². The molecule has 2 heterocycles. The highest BCUT2D eigenvalue weighted by molar-refractivity contribution is 5.86. The molecule has 0 unspecified atom stereocenters. The summed E-state index contributed by atoms with van der Waals surface area (Å²) in [4.78, 5) is 39.7. The lowest BCUT2D eigenvalue weighted by atomic mass is 9.89. The van der Waals surface area contributed by atoms with Crippen molar-refractivity contribution in [3.05, 3.63) is 58.0 Å². The number of rotatable bonds is 3. The van der Waals surface area contributed by atoms with Crippen molar-refractivity contribution < 1.29 is 14.3 Å². The summed E-state index contributed by atoms with van der Waals surface area (Å²) >= 11 is 0. The number of aryl methyl sites for hydroxylation is 1. The van der Waals surface area contributed by atoms with Crippen LogP contribution < -0.4 is 16.2 Å². The number of amides is 2. The van der Waals surface area contributed by atoms with Gasteiger partial charge in [0.2, 0.25) is 0 Å². The maximum absolute atomic E-state index is 12.6. The Kier molecular flexibility index (Phi) is 4.31. The number of nitrogens with one attached hydrogen (secondary N) is 3. The van der Waals surface area contributed by atoms with Gasteiger partial charge in [0.15, 0.2) is 0 Å². The van der Waals surface area contributed by atoms with Gasteiger partial charge in [-0.1, -0.05) is 24.8 Å². The Morgan fingerprint density at radius 3 is 2.80 bits per heavy atom. The van der Waals surface area contributed by atoms with Gasteiger partial charge in [0.1, 0.15) is 5.92 Å². The number of carbonyl (C=O) groups excluding carboxylic acids is 2. The summed E-state index contributed by atoms with van der Waals surface area (Å²) in [7, 11) is 0. The van der Waals surface area contributed by atoms with Gasteiger partial charge in [0.25, 0.3) is 5.56 Å². The smallest absolute Gasteiger partial charge is 0.319 e. The van der Waals surface area contributed by atoms with Crippen molar-refractivity contribution >= 4 is 22.9 Å². The van der Waals surface area contributed by atoms with Crippen LogP contribution in [-0.2, 0) is 9.53 Å². The third-order valence-electron chi connectivity index (χ3n) is 4.26. The van der Waals surface area contributed by atoms with E-state index in [1.165, 1.54) is 0 Å². The summed E-state index contributed by atoms with van der Waals surface area (Å²) in [6, 6.07) is 5.96. The molecule has 1 aromatic carbocycles. The number of H-pyrrole nitrogens is 1. The lowest BCUT2D eigenvalue weighted by Crippen LogP contribution is -2.52. The number of benzene rings is 1. The van der Waals surface area contributed by atoms with Crippen LogP contribution in [0.4, 0.5) is 4.79 Å². The predicted molar refractivity (Wildman–Crippen MR) is 93.0 cm³/mol. The lowest BCUT2D eigenvalue weighted by Gasteiger charge is -2.32. The molecule has 0 radical (unpaired) electrons. The third-order valence-corrected chi connectivity index (χ3v) is 4.26. The number of hydrogen-bond acceptors (Lipinski definition) is 4. The highest BCUT2D eigenvalue weighted by Gasteiger charge is 2.40. The third kappa shape index (κ3) is 3.00. The van der Waals surface area contributed by atoms with E-state index in [2.05, 4.69) is 22.2 Å². The number of carbonyl (C=O) groups is 2. The SMILES string of the molecule is C=C1NC(=O)N[C@@H](c2cc3cccc(C)c3[nH]c2=O)[C@@H]1C(=O)OCC. The van der Waals surface area contributed by atoms with Gasteiger partial charge < -0.3 is 20.4 Å². The van der Waals surface area contributed by atoms with Crippen molar-refractivity contribution in [2.75, 3.05) is 6.61 Å². The molecule has 25 heavy (non-hydrogen) atoms. The van der Waals surface area contributed by atoms with E-state index in [9.17, 15) is 14.4 Å². The zero-order valence-corrected chi connectivity index (χ0v) is 14.0. The predicted octanol–water partition coefficient (Wildman–Crippen LogP) is 1.88. The quantitative estimate of drug-likeness (QED) is 0.742. The number of aromatic nitrogens is 1. The fraction of sp³-hybridized carbons (Fsp3) is 0.278. The summed E-state index contributed by atoms with van der Waals surface area (Å²) in [5.74, 6) is -1.44. The van der Waals surface area contributed by atoms with Gasteiger partial charge in [-0.2, -0.15) is 0 Å². The maximum atomic E-state index is 12.6. The average molecular weight is 341 g/mol. The molecule has 1 aliphatic rings. The van der Waals surface area contributed by atoms with Crippen LogP contribution in [0.3, 0.4) is 0 Å². The van der Waals surface area contributed by atoms with E-state index in [0.29, 0.717) is 0 Å². The van der Waals surface area contributed by atoms with E-state index >= 15 is 0 Å². The topological polar surface area (TPSA) is 100 Å². The normalized spacial score (nSPS) is 20.1. The monoisotopic (exact) mass is 341 g/mol. The first-order chi connectivity index (χ1) is 11.9. The molecule has 0 saturated carbocycles. The van der Waals surface area contributed by atoms with Crippen LogP contribution >= 0.6 is 0 Å². The van der Waals surface area contributed by atoms with E-state index in [1.54, 1.807) is 13.0 Å². The minimum absolute atomic E-state index is 0.191. The Balaban J connectivity index is 2.13. The Hall–Kier alpha value is -3.09. The zero-order chi connectivity index (χ0) is 18.1. The number of pyridine rings is 1. The summed E-state index contributed by atoms with van der Waals surface area (Å²) in [6.45, 7) is 7.52. The van der Waals surface area contributed by atoms with Crippen molar-refractivity contribution in [3.8, 4) is 0 Å². The van der Waals surface area contributed by atoms with Crippen LogP contribution in [0.15, 0.2) is 41.3 Å². The first kappa shape index (κ1) is 16.8. The highest BCUT2D eigenvalue weighted by atomic mass is 16.5. The number of ether oxygens (including phenoxy) is 1. The van der Waals surface area contributed by atoms with E-state index in [0.717, 1.165) is 16.5 Å². The molecule has 7 heteroatoms. The zero-order valence-electron chi connectivity index (χ0n) is 14.0. The molecular formula is C18H19N3O4. The van der Waals surface area contributed by atoms with Crippen LogP contribution in [0.5, 0.6) is 0 Å². The summed E-state index contributed by atoms with van der Waals surface area (Å²) in [5, 5.41) is 5.93. The first-order valence-corrected chi connectivity index (χ1v) is 7.98. The molecule has 2 amide bonds. The van der Waals surface area contributed by atoms with Crippen molar-refractivity contribution in [2.45, 2.75) is 19.9 Å². The molecule has 2 aromatic rings. The second kappa shape index (κ2) is 6.43. The number of aromatic amines is 1. The van der Waals surface area contributed by atoms with Crippen molar-refractivity contribution in [1.29, 1.82) is 0 Å². The van der Waals surface area contributed by atoms with Crippen LogP contribution in [0, 0.1) is 12.8 Å². The molecule has 3 N–H and O–H groups in total. The van der Waals surface area contributed by atoms with Gasteiger partial charge in [0.05, 0.1) is 18.2 Å². The number of hydrogen-bond donors (Lipinski definition) is 3. The molecule has 130 valence electrons. The summed E-state index contributed by atoms with van der Waals surface area (Å²) in [5.41, 5.74) is 1.78. The molecule has 0 spiro atoms. The number of para-hydroxylation sites is 1. The van der Waals surface area contributed by atoms with Gasteiger partial charge >= 0.3 is 12.0 Å². The average Bonchev–Trinajstić information content (AvgIpc) is 2.54. The van der Waals surface area contributed by atoms with Gasteiger partial charge in [-0.25, -0.2) is 4.79 Å². The molecule has 0 aliphatic carbocycles. The largest absolute Gasteiger partial charge is 0.465 e. The molecule has 1 saturated heterocycles. The Morgan fingerprint density at radius 2 is 2.08 bits per heavy atom. The van der Waals surface area contributed by atoms with Crippen LogP contribution in [-0.4, -0.2) is 23.6 Å². The fourth-order valence-corrected chi connectivity index (χ4v) is 3.08. The van der Waals surface area contributed by atoms with Crippen molar-refractivity contribution in [1.82, 2.24) is 15.6 Å². The van der Waals surface area contributed by atoms with Crippen molar-refractivity contribution in [3.63, 3.8) is 0 Å². The maximum Gasteiger partial charge on any atom is 0.319 e. The van der Waals surface area contributed by atoms with Gasteiger partial charge in [0, 0.05) is 11.3 Å². The minimum Gasteiger partial charge on any atom is -0.465 e. The van der Waals surface area contributed by atoms with Crippen molar-refractivity contribution in [2.24, 2.45) is 5.92 Å². The summed E-state index contributed by atoms with van der Waals surface area (Å²) < 4.78 is 5.08. The first-order valence-electron chi connectivity index (χ1n) is 7.98. The molecule has 3 rings (SSSR count). The van der Waals surface area contributed by atoms with E-state index in [1.807, 2.05) is 25.1 Å². The van der Waals surface area contributed by atoms with Gasteiger partial charge in [-0.05, 0) is 30.9 Å². The van der Waals surface area contributed by atoms with Crippen LogP contribution in [0.1, 0.15) is 24.1 Å². The fourth-order valence-electron chi connectivity index (χ4n) is 3.08. The minimum atomic E-state index is -0.888. The molecule has 0 bridgehead atoms. The van der Waals surface area contributed by atoms with Crippen LogP contribution in [0.25, 0.3) is 10.9 Å². The van der Waals surface area contributed by atoms with E-state index in [-0.39, 0.29) is 23.4 Å².